The molecule has 1 N–H and O–H groups in total. The summed E-state index contributed by atoms with van der Waals surface area (Å²) in [4.78, 5) is 10.8. The summed E-state index contributed by atoms with van der Waals surface area (Å²) in [5.41, 5.74) is 2.19. The van der Waals surface area contributed by atoms with Gasteiger partial charge in [-0.25, -0.2) is 4.98 Å². The molecule has 20 heavy (non-hydrogen) atoms. The number of hydrogen-bond acceptors (Lipinski definition) is 2. The van der Waals surface area contributed by atoms with E-state index in [0.29, 0.717) is 17.9 Å². The van der Waals surface area contributed by atoms with Crippen LogP contribution in [0.3, 0.4) is 0 Å². The van der Waals surface area contributed by atoms with Crippen LogP contribution in [0.4, 0.5) is 0 Å². The van der Waals surface area contributed by atoms with Gasteiger partial charge in [-0.3, -0.25) is 4.90 Å². The fourth-order valence-electron chi connectivity index (χ4n) is 2.67. The number of nitrogens with one attached hydrogen (secondary N) is 1. The molecule has 2 rings (SSSR count). The second-order valence-electron chi connectivity index (χ2n) is 6.56. The van der Waals surface area contributed by atoms with Crippen molar-refractivity contribution in [2.45, 2.75) is 40.7 Å². The second kappa shape index (κ2) is 6.40. The first kappa shape index (κ1) is 15.0. The molecule has 1 unspecified atom stereocenters. The van der Waals surface area contributed by atoms with Crippen molar-refractivity contribution in [3.05, 3.63) is 30.1 Å². The Hall–Kier alpha value is -1.35. The van der Waals surface area contributed by atoms with Crippen LogP contribution in [0.25, 0.3) is 11.0 Å². The van der Waals surface area contributed by atoms with E-state index in [0.717, 1.165) is 29.9 Å². The highest BCUT2D eigenvalue weighted by Crippen LogP contribution is 2.22. The first-order chi connectivity index (χ1) is 9.47. The van der Waals surface area contributed by atoms with E-state index >= 15 is 0 Å². The van der Waals surface area contributed by atoms with E-state index in [1.165, 1.54) is 0 Å². The first-order valence-corrected chi connectivity index (χ1v) is 7.66. The van der Waals surface area contributed by atoms with Crippen molar-refractivity contribution in [1.29, 1.82) is 0 Å². The highest BCUT2D eigenvalue weighted by Gasteiger charge is 2.20. The number of nitrogens with zero attached hydrogens (tertiary/aromatic N) is 2. The van der Waals surface area contributed by atoms with Crippen LogP contribution >= 0.6 is 0 Å². The van der Waals surface area contributed by atoms with Crippen LogP contribution < -0.4 is 0 Å². The Morgan fingerprint density at radius 1 is 1.00 bits per heavy atom. The van der Waals surface area contributed by atoms with Gasteiger partial charge >= 0.3 is 0 Å². The molecule has 2 aromatic rings. The normalized spacial score (nSPS) is 13.8. The maximum absolute atomic E-state index is 4.75. The molecule has 1 atom stereocenters. The van der Waals surface area contributed by atoms with Gasteiger partial charge in [-0.05, 0) is 30.9 Å². The fourth-order valence-corrected chi connectivity index (χ4v) is 2.67. The van der Waals surface area contributed by atoms with Crippen LogP contribution in [0, 0.1) is 11.8 Å². The van der Waals surface area contributed by atoms with Crippen LogP contribution in [0.5, 0.6) is 0 Å². The summed E-state index contributed by atoms with van der Waals surface area (Å²) in [5.74, 6) is 2.41. The van der Waals surface area contributed by atoms with Crippen molar-refractivity contribution in [2.75, 3.05) is 13.1 Å². The molecule has 1 aromatic carbocycles. The van der Waals surface area contributed by atoms with Crippen molar-refractivity contribution in [2.24, 2.45) is 11.8 Å². The molecule has 0 amide bonds. The lowest BCUT2D eigenvalue weighted by atomic mass is 10.1. The lowest BCUT2D eigenvalue weighted by Crippen LogP contribution is -2.34. The van der Waals surface area contributed by atoms with Gasteiger partial charge in [0.1, 0.15) is 5.82 Å². The number of H-pyrrole nitrogens is 1. The molecule has 1 heterocycles. The topological polar surface area (TPSA) is 31.9 Å². The van der Waals surface area contributed by atoms with Gasteiger partial charge in [0.05, 0.1) is 17.1 Å². The summed E-state index contributed by atoms with van der Waals surface area (Å²) < 4.78 is 0. The van der Waals surface area contributed by atoms with Gasteiger partial charge in [0.25, 0.3) is 0 Å². The fraction of sp³-hybridized carbons (Fsp3) is 0.588. The molecule has 3 heteroatoms. The zero-order chi connectivity index (χ0) is 14.7. The summed E-state index contributed by atoms with van der Waals surface area (Å²) in [7, 11) is 0. The molecule has 1 aromatic heterocycles. The molecular formula is C17H27N3. The molecule has 0 fully saturated rings. The zero-order valence-corrected chi connectivity index (χ0v) is 13.4. The number of fused-ring (bicyclic) bond motifs is 1. The Morgan fingerprint density at radius 2 is 1.60 bits per heavy atom. The third-order valence-corrected chi connectivity index (χ3v) is 3.55. The Kier molecular flexibility index (Phi) is 4.81. The Labute approximate surface area is 122 Å². The van der Waals surface area contributed by atoms with Gasteiger partial charge in [-0.1, -0.05) is 39.8 Å². The largest absolute Gasteiger partial charge is 0.341 e. The summed E-state index contributed by atoms with van der Waals surface area (Å²) >= 11 is 0. The quantitative estimate of drug-likeness (QED) is 0.853. The van der Waals surface area contributed by atoms with E-state index in [1.54, 1.807) is 0 Å². The number of para-hydroxylation sites is 2. The van der Waals surface area contributed by atoms with Crippen molar-refractivity contribution in [1.82, 2.24) is 14.9 Å². The molecule has 0 aliphatic rings. The van der Waals surface area contributed by atoms with Gasteiger partial charge < -0.3 is 4.98 Å². The Balaban J connectivity index is 2.22. The van der Waals surface area contributed by atoms with Crippen molar-refractivity contribution in [3.63, 3.8) is 0 Å². The summed E-state index contributed by atoms with van der Waals surface area (Å²) in [6, 6.07) is 8.57. The molecule has 0 spiro atoms. The van der Waals surface area contributed by atoms with Crippen LogP contribution in [-0.4, -0.2) is 28.0 Å². The van der Waals surface area contributed by atoms with Gasteiger partial charge in [-0.2, -0.15) is 0 Å². The standard InChI is InChI=1S/C17H27N3/c1-12(2)10-20(11-13(3)4)14(5)17-18-15-8-6-7-9-16(15)19-17/h6-9,12-14H,10-11H2,1-5H3,(H,18,19). The van der Waals surface area contributed by atoms with Crippen LogP contribution in [0.15, 0.2) is 24.3 Å². The van der Waals surface area contributed by atoms with E-state index < -0.39 is 0 Å². The summed E-state index contributed by atoms with van der Waals surface area (Å²) in [6.07, 6.45) is 0. The van der Waals surface area contributed by atoms with E-state index in [1.807, 2.05) is 6.07 Å². The lowest BCUT2D eigenvalue weighted by molar-refractivity contribution is 0.162. The predicted octanol–water partition coefficient (Wildman–Crippen LogP) is 4.24. The lowest BCUT2D eigenvalue weighted by Gasteiger charge is -2.30. The number of hydrogen-bond donors (Lipinski definition) is 1. The van der Waals surface area contributed by atoms with Crippen molar-refractivity contribution < 1.29 is 0 Å². The van der Waals surface area contributed by atoms with Gasteiger partial charge in [0.2, 0.25) is 0 Å². The SMILES string of the molecule is CC(C)CN(CC(C)C)C(C)c1nc2ccccc2[nH]1. The highest BCUT2D eigenvalue weighted by molar-refractivity contribution is 5.74. The van der Waals surface area contributed by atoms with Crippen molar-refractivity contribution >= 4 is 11.0 Å². The third-order valence-electron chi connectivity index (χ3n) is 3.55. The summed E-state index contributed by atoms with van der Waals surface area (Å²) in [5, 5.41) is 0. The molecule has 0 saturated carbocycles. The van der Waals surface area contributed by atoms with Crippen LogP contribution in [-0.2, 0) is 0 Å². The van der Waals surface area contributed by atoms with E-state index in [9.17, 15) is 0 Å². The molecule has 110 valence electrons. The first-order valence-electron chi connectivity index (χ1n) is 7.66. The molecule has 3 nitrogen and oxygen atoms in total. The van der Waals surface area contributed by atoms with E-state index in [4.69, 9.17) is 4.98 Å². The zero-order valence-electron chi connectivity index (χ0n) is 13.4. The average Bonchev–Trinajstić information content (AvgIpc) is 2.79. The number of aromatic nitrogens is 2. The predicted molar refractivity (Wildman–Crippen MR) is 85.8 cm³/mol. The third kappa shape index (κ3) is 3.60. The minimum atomic E-state index is 0.326. The molecule has 0 bridgehead atoms. The van der Waals surface area contributed by atoms with Crippen LogP contribution in [0.1, 0.15) is 46.5 Å². The molecule has 0 aliphatic heterocycles. The molecule has 0 saturated heterocycles. The second-order valence-corrected chi connectivity index (χ2v) is 6.56. The smallest absolute Gasteiger partial charge is 0.124 e. The number of rotatable bonds is 6. The van der Waals surface area contributed by atoms with Gasteiger partial charge in [-0.15, -0.1) is 0 Å². The molecular weight excluding hydrogens is 246 g/mol. The van der Waals surface area contributed by atoms with Crippen LogP contribution in [0.2, 0.25) is 0 Å². The van der Waals surface area contributed by atoms with Crippen molar-refractivity contribution in [3.8, 4) is 0 Å². The number of benzene rings is 1. The highest BCUT2D eigenvalue weighted by atomic mass is 15.2. The van der Waals surface area contributed by atoms with E-state index in [2.05, 4.69) is 62.7 Å². The Bertz CT molecular complexity index is 499. The number of aromatic amines is 1. The number of imidazole rings is 1. The monoisotopic (exact) mass is 273 g/mol. The molecule has 0 aliphatic carbocycles. The molecule has 0 radical (unpaired) electrons. The average molecular weight is 273 g/mol. The van der Waals surface area contributed by atoms with Gasteiger partial charge in [0, 0.05) is 13.1 Å². The Morgan fingerprint density at radius 3 is 2.15 bits per heavy atom. The van der Waals surface area contributed by atoms with E-state index in [-0.39, 0.29) is 0 Å². The summed E-state index contributed by atoms with van der Waals surface area (Å²) in [6.45, 7) is 13.6. The maximum atomic E-state index is 4.75. The van der Waals surface area contributed by atoms with Gasteiger partial charge in [0.15, 0.2) is 0 Å². The minimum absolute atomic E-state index is 0.326. The maximum Gasteiger partial charge on any atom is 0.124 e. The minimum Gasteiger partial charge on any atom is -0.341 e.